The van der Waals surface area contributed by atoms with Crippen molar-refractivity contribution >= 4 is 27.2 Å². The lowest BCUT2D eigenvalue weighted by molar-refractivity contribution is 0.402. The lowest BCUT2D eigenvalue weighted by Gasteiger charge is -2.12. The van der Waals surface area contributed by atoms with Crippen LogP contribution in [-0.2, 0) is 16.6 Å². The molecule has 0 saturated heterocycles. The highest BCUT2D eigenvalue weighted by molar-refractivity contribution is 7.92. The number of benzene rings is 2. The van der Waals surface area contributed by atoms with Gasteiger partial charge < -0.3 is 10.2 Å². The molecule has 2 aromatic carbocycles. The normalized spacial score (nSPS) is 11.4. The Labute approximate surface area is 165 Å². The van der Waals surface area contributed by atoms with Crippen molar-refractivity contribution in [3.8, 4) is 11.3 Å². The van der Waals surface area contributed by atoms with Gasteiger partial charge in [0, 0.05) is 23.9 Å². The minimum Gasteiger partial charge on any atom is -0.340 e. The Bertz CT molecular complexity index is 1070. The van der Waals surface area contributed by atoms with Crippen molar-refractivity contribution in [2.75, 3.05) is 30.4 Å². The molecule has 0 unspecified atom stereocenters. The quantitative estimate of drug-likeness (QED) is 0.636. The molecular weight excluding hydrogens is 374 g/mol. The van der Waals surface area contributed by atoms with Crippen LogP contribution < -0.4 is 10.0 Å². The van der Waals surface area contributed by atoms with Crippen molar-refractivity contribution in [3.05, 3.63) is 66.5 Å². The summed E-state index contributed by atoms with van der Waals surface area (Å²) in [6.07, 6.45) is 2.63. The van der Waals surface area contributed by atoms with Crippen LogP contribution in [0.5, 0.6) is 0 Å². The Balaban J connectivity index is 1.82. The SMILES string of the molecule is CN(C)Cc1cccc(-c2cc(Nc3cccc(NS(C)(=O)=O)c3)ncn2)c1. The second-order valence-electron chi connectivity index (χ2n) is 6.81. The molecule has 1 heterocycles. The van der Waals surface area contributed by atoms with E-state index >= 15 is 0 Å². The molecule has 0 aliphatic carbocycles. The Kier molecular flexibility index (Phi) is 5.91. The highest BCUT2D eigenvalue weighted by atomic mass is 32.2. The van der Waals surface area contributed by atoms with E-state index in [-0.39, 0.29) is 0 Å². The van der Waals surface area contributed by atoms with Crippen molar-refractivity contribution in [1.82, 2.24) is 14.9 Å². The molecule has 0 amide bonds. The zero-order chi connectivity index (χ0) is 20.1. The van der Waals surface area contributed by atoms with Gasteiger partial charge in [0.2, 0.25) is 10.0 Å². The average Bonchev–Trinajstić information content (AvgIpc) is 2.60. The zero-order valence-corrected chi connectivity index (χ0v) is 16.9. The minimum atomic E-state index is -3.33. The number of sulfonamides is 1. The molecule has 1 aromatic heterocycles. The Morgan fingerprint density at radius 3 is 2.46 bits per heavy atom. The number of nitrogens with zero attached hydrogens (tertiary/aromatic N) is 3. The smallest absolute Gasteiger partial charge is 0.229 e. The lowest BCUT2D eigenvalue weighted by atomic mass is 10.1. The summed E-state index contributed by atoms with van der Waals surface area (Å²) in [5, 5.41) is 3.19. The van der Waals surface area contributed by atoms with Crippen LogP contribution in [0.25, 0.3) is 11.3 Å². The maximum Gasteiger partial charge on any atom is 0.229 e. The molecule has 3 rings (SSSR count). The number of rotatable bonds is 7. The van der Waals surface area contributed by atoms with Crippen molar-refractivity contribution in [2.45, 2.75) is 6.54 Å². The molecule has 28 heavy (non-hydrogen) atoms. The zero-order valence-electron chi connectivity index (χ0n) is 16.0. The third kappa shape index (κ3) is 5.77. The monoisotopic (exact) mass is 397 g/mol. The van der Waals surface area contributed by atoms with E-state index in [9.17, 15) is 8.42 Å². The Morgan fingerprint density at radius 2 is 1.71 bits per heavy atom. The van der Waals surface area contributed by atoms with Gasteiger partial charge in [-0.3, -0.25) is 4.72 Å². The first-order chi connectivity index (χ1) is 13.3. The number of hydrogen-bond donors (Lipinski definition) is 2. The number of nitrogens with one attached hydrogen (secondary N) is 2. The van der Waals surface area contributed by atoms with Crippen molar-refractivity contribution in [3.63, 3.8) is 0 Å². The fourth-order valence-electron chi connectivity index (χ4n) is 2.80. The molecule has 0 atom stereocenters. The van der Waals surface area contributed by atoms with Gasteiger partial charge in [-0.2, -0.15) is 0 Å². The van der Waals surface area contributed by atoms with Crippen LogP contribution >= 0.6 is 0 Å². The Morgan fingerprint density at radius 1 is 0.964 bits per heavy atom. The fourth-order valence-corrected chi connectivity index (χ4v) is 3.36. The van der Waals surface area contributed by atoms with E-state index < -0.39 is 10.0 Å². The highest BCUT2D eigenvalue weighted by Gasteiger charge is 2.06. The third-order valence-electron chi connectivity index (χ3n) is 3.83. The van der Waals surface area contributed by atoms with Crippen molar-refractivity contribution in [1.29, 1.82) is 0 Å². The fraction of sp³-hybridized carbons (Fsp3) is 0.200. The molecule has 146 valence electrons. The second-order valence-corrected chi connectivity index (χ2v) is 8.56. The van der Waals surface area contributed by atoms with E-state index in [1.54, 1.807) is 18.2 Å². The van der Waals surface area contributed by atoms with Gasteiger partial charge in [0.25, 0.3) is 0 Å². The summed E-state index contributed by atoms with van der Waals surface area (Å²) in [5.41, 5.74) is 4.23. The first-order valence-electron chi connectivity index (χ1n) is 8.69. The summed E-state index contributed by atoms with van der Waals surface area (Å²) in [6.45, 7) is 0.851. The van der Waals surface area contributed by atoms with Crippen LogP contribution in [0.15, 0.2) is 60.9 Å². The summed E-state index contributed by atoms with van der Waals surface area (Å²) in [5.74, 6) is 0.625. The summed E-state index contributed by atoms with van der Waals surface area (Å²) in [6, 6.07) is 17.1. The number of aromatic nitrogens is 2. The van der Waals surface area contributed by atoms with Gasteiger partial charge in [-0.1, -0.05) is 24.3 Å². The minimum absolute atomic E-state index is 0.484. The van der Waals surface area contributed by atoms with Crippen molar-refractivity contribution < 1.29 is 8.42 Å². The standard InChI is InChI=1S/C20H23N5O2S/c1-25(2)13-15-6-4-7-16(10-15)19-12-20(22-14-21-19)23-17-8-5-9-18(11-17)24-28(3,26)27/h4-12,14,24H,13H2,1-3H3,(H,21,22,23). The first-order valence-corrected chi connectivity index (χ1v) is 10.6. The van der Waals surface area contributed by atoms with Crippen LogP contribution in [0.4, 0.5) is 17.2 Å². The molecule has 0 aliphatic rings. The highest BCUT2D eigenvalue weighted by Crippen LogP contribution is 2.24. The summed E-state index contributed by atoms with van der Waals surface area (Å²) >= 11 is 0. The van der Waals surface area contributed by atoms with Gasteiger partial charge in [0.1, 0.15) is 12.1 Å². The predicted molar refractivity (Wildman–Crippen MR) is 113 cm³/mol. The topological polar surface area (TPSA) is 87.2 Å². The van der Waals surface area contributed by atoms with E-state index in [1.807, 2.05) is 38.4 Å². The molecule has 7 nitrogen and oxygen atoms in total. The van der Waals surface area contributed by atoms with Crippen molar-refractivity contribution in [2.24, 2.45) is 0 Å². The maximum atomic E-state index is 11.4. The van der Waals surface area contributed by atoms with Crippen LogP contribution in [-0.4, -0.2) is 43.6 Å². The van der Waals surface area contributed by atoms with Gasteiger partial charge >= 0.3 is 0 Å². The van der Waals surface area contributed by atoms with E-state index in [0.717, 1.165) is 29.7 Å². The van der Waals surface area contributed by atoms with Gasteiger partial charge in [0.15, 0.2) is 0 Å². The molecule has 0 aliphatic heterocycles. The molecular formula is C20H23N5O2S. The molecule has 8 heteroatoms. The van der Waals surface area contributed by atoms with Crippen LogP contribution in [0, 0.1) is 0 Å². The van der Waals surface area contributed by atoms with Crippen LogP contribution in [0.2, 0.25) is 0 Å². The van der Waals surface area contributed by atoms with Crippen LogP contribution in [0.1, 0.15) is 5.56 Å². The molecule has 0 bridgehead atoms. The summed E-state index contributed by atoms with van der Waals surface area (Å²) < 4.78 is 25.3. The second kappa shape index (κ2) is 8.37. The molecule has 0 saturated carbocycles. The Hall–Kier alpha value is -2.97. The molecule has 0 spiro atoms. The van der Waals surface area contributed by atoms with Gasteiger partial charge in [-0.05, 0) is 43.9 Å². The summed E-state index contributed by atoms with van der Waals surface area (Å²) in [4.78, 5) is 10.8. The average molecular weight is 398 g/mol. The maximum absolute atomic E-state index is 11.4. The first kappa shape index (κ1) is 19.8. The molecule has 3 aromatic rings. The van der Waals surface area contributed by atoms with E-state index in [1.165, 1.54) is 11.9 Å². The number of hydrogen-bond acceptors (Lipinski definition) is 6. The van der Waals surface area contributed by atoms with E-state index in [0.29, 0.717) is 11.5 Å². The molecule has 2 N–H and O–H groups in total. The predicted octanol–water partition coefficient (Wildman–Crippen LogP) is 3.32. The van der Waals surface area contributed by atoms with E-state index in [4.69, 9.17) is 0 Å². The van der Waals surface area contributed by atoms with Gasteiger partial charge in [-0.25, -0.2) is 18.4 Å². The van der Waals surface area contributed by atoms with Crippen LogP contribution in [0.3, 0.4) is 0 Å². The van der Waals surface area contributed by atoms with Gasteiger partial charge in [-0.15, -0.1) is 0 Å². The number of anilines is 3. The molecule has 0 fully saturated rings. The summed E-state index contributed by atoms with van der Waals surface area (Å²) in [7, 11) is 0.739. The largest absolute Gasteiger partial charge is 0.340 e. The van der Waals surface area contributed by atoms with Gasteiger partial charge in [0.05, 0.1) is 17.6 Å². The third-order valence-corrected chi connectivity index (χ3v) is 4.43. The molecule has 0 radical (unpaired) electrons. The lowest BCUT2D eigenvalue weighted by Crippen LogP contribution is -2.10. The van der Waals surface area contributed by atoms with E-state index in [2.05, 4.69) is 37.0 Å².